The third-order valence-corrected chi connectivity index (χ3v) is 4.78. The summed E-state index contributed by atoms with van der Waals surface area (Å²) in [7, 11) is 0. The number of esters is 1. The van der Waals surface area contributed by atoms with Crippen LogP contribution >= 0.6 is 11.6 Å². The Hall–Kier alpha value is -2.86. The van der Waals surface area contributed by atoms with Crippen LogP contribution < -0.4 is 10.6 Å². The number of benzene rings is 2. The summed E-state index contributed by atoms with van der Waals surface area (Å²) in [6, 6.07) is 12.9. The second-order valence-electron chi connectivity index (χ2n) is 6.79. The van der Waals surface area contributed by atoms with Gasteiger partial charge in [0.25, 0.3) is 11.8 Å². The molecule has 7 heteroatoms. The van der Waals surface area contributed by atoms with Crippen LogP contribution in [0.5, 0.6) is 0 Å². The first-order chi connectivity index (χ1) is 13.8. The van der Waals surface area contributed by atoms with Crippen molar-refractivity contribution in [1.82, 2.24) is 5.32 Å². The van der Waals surface area contributed by atoms with Gasteiger partial charge >= 0.3 is 5.97 Å². The van der Waals surface area contributed by atoms with Crippen LogP contribution in [-0.2, 0) is 14.3 Å². The highest BCUT2D eigenvalue weighted by Crippen LogP contribution is 2.20. The fourth-order valence-electron chi connectivity index (χ4n) is 2.53. The van der Waals surface area contributed by atoms with Gasteiger partial charge in [0.1, 0.15) is 6.04 Å². The van der Waals surface area contributed by atoms with Crippen LogP contribution in [-0.4, -0.2) is 30.4 Å². The lowest BCUT2D eigenvalue weighted by Crippen LogP contribution is -2.40. The van der Waals surface area contributed by atoms with E-state index in [9.17, 15) is 14.4 Å². The summed E-state index contributed by atoms with van der Waals surface area (Å²) in [5, 5.41) is 5.71. The molecule has 2 N–H and O–H groups in total. The van der Waals surface area contributed by atoms with Crippen molar-refractivity contribution in [2.75, 3.05) is 11.9 Å². The van der Waals surface area contributed by atoms with Gasteiger partial charge in [-0.1, -0.05) is 37.6 Å². The smallest absolute Gasteiger partial charge is 0.328 e. The lowest BCUT2D eigenvalue weighted by Gasteiger charge is -2.14. The molecule has 0 aliphatic carbocycles. The Balaban J connectivity index is 1.79. The van der Waals surface area contributed by atoms with E-state index >= 15 is 0 Å². The zero-order valence-electron chi connectivity index (χ0n) is 16.7. The number of nitrogens with one attached hydrogen (secondary N) is 2. The van der Waals surface area contributed by atoms with Gasteiger partial charge in [0.05, 0.1) is 0 Å². The molecule has 29 heavy (non-hydrogen) atoms. The van der Waals surface area contributed by atoms with Gasteiger partial charge in [0.2, 0.25) is 0 Å². The number of rotatable bonds is 8. The van der Waals surface area contributed by atoms with Crippen LogP contribution in [0.4, 0.5) is 5.69 Å². The number of carbonyl (C=O) groups excluding carboxylic acids is 3. The summed E-state index contributed by atoms with van der Waals surface area (Å²) in [6.07, 6.45) is 1.04. The Morgan fingerprint density at radius 1 is 1.00 bits per heavy atom. The van der Waals surface area contributed by atoms with E-state index in [1.165, 1.54) is 12.5 Å². The van der Waals surface area contributed by atoms with Gasteiger partial charge in [-0.3, -0.25) is 9.59 Å². The number of hydrogen-bond acceptors (Lipinski definition) is 4. The maximum atomic E-state index is 12.1. The molecule has 154 valence electrons. The largest absolute Gasteiger partial charge is 0.454 e. The fourth-order valence-corrected chi connectivity index (χ4v) is 2.66. The van der Waals surface area contributed by atoms with E-state index in [0.29, 0.717) is 22.2 Å². The minimum absolute atomic E-state index is 0.368. The third-order valence-electron chi connectivity index (χ3n) is 4.53. The van der Waals surface area contributed by atoms with E-state index in [1.807, 2.05) is 24.3 Å². The summed E-state index contributed by atoms with van der Waals surface area (Å²) in [4.78, 5) is 36.1. The summed E-state index contributed by atoms with van der Waals surface area (Å²) >= 11 is 5.79. The number of hydrogen-bond donors (Lipinski definition) is 2. The molecular formula is C22H25ClN2O4. The molecule has 2 aromatic rings. The van der Waals surface area contributed by atoms with E-state index in [4.69, 9.17) is 16.3 Å². The zero-order chi connectivity index (χ0) is 21.4. The molecule has 6 nitrogen and oxygen atoms in total. The molecule has 0 heterocycles. The Kier molecular flexibility index (Phi) is 8.21. The molecule has 2 rings (SSSR count). The van der Waals surface area contributed by atoms with E-state index in [1.54, 1.807) is 24.3 Å². The molecule has 0 fully saturated rings. The zero-order valence-corrected chi connectivity index (χ0v) is 17.5. The van der Waals surface area contributed by atoms with Gasteiger partial charge in [-0.15, -0.1) is 0 Å². The first-order valence-electron chi connectivity index (χ1n) is 9.43. The molecule has 0 saturated heterocycles. The summed E-state index contributed by atoms with van der Waals surface area (Å²) in [5.41, 5.74) is 2.19. The molecular weight excluding hydrogens is 392 g/mol. The molecule has 0 unspecified atom stereocenters. The Morgan fingerprint density at radius 3 is 2.21 bits per heavy atom. The van der Waals surface area contributed by atoms with Gasteiger partial charge < -0.3 is 15.4 Å². The van der Waals surface area contributed by atoms with Crippen molar-refractivity contribution < 1.29 is 19.1 Å². The Morgan fingerprint density at radius 2 is 1.62 bits per heavy atom. The van der Waals surface area contributed by atoms with Gasteiger partial charge in [-0.25, -0.2) is 4.79 Å². The maximum absolute atomic E-state index is 12.1. The highest BCUT2D eigenvalue weighted by atomic mass is 35.5. The molecule has 0 spiro atoms. The van der Waals surface area contributed by atoms with Crippen LogP contribution in [0.25, 0.3) is 0 Å². The van der Waals surface area contributed by atoms with Crippen LogP contribution in [0.1, 0.15) is 49.0 Å². The summed E-state index contributed by atoms with van der Waals surface area (Å²) in [6.45, 7) is 5.31. The van der Waals surface area contributed by atoms with Crippen molar-refractivity contribution in [2.45, 2.75) is 39.2 Å². The normalized spacial score (nSPS) is 12.6. The monoisotopic (exact) mass is 416 g/mol. The van der Waals surface area contributed by atoms with Crippen molar-refractivity contribution in [3.63, 3.8) is 0 Å². The standard InChI is InChI=1S/C22H25ClN2O4/c1-4-14(2)16-7-11-19(12-8-16)25-20(26)13-29-22(28)15(3)24-21(27)17-5-9-18(23)10-6-17/h5-12,14-15H,4,13H2,1-3H3,(H,24,27)(H,25,26)/t14-,15+/m1/s1. The van der Waals surface area contributed by atoms with Crippen molar-refractivity contribution in [2.24, 2.45) is 0 Å². The predicted molar refractivity (Wildman–Crippen MR) is 113 cm³/mol. The number of amides is 2. The average Bonchev–Trinajstić information content (AvgIpc) is 2.72. The molecule has 2 aromatic carbocycles. The molecule has 0 bridgehead atoms. The summed E-state index contributed by atoms with van der Waals surface area (Å²) in [5.74, 6) is -1.14. The van der Waals surface area contributed by atoms with Gasteiger partial charge in [-0.2, -0.15) is 0 Å². The lowest BCUT2D eigenvalue weighted by molar-refractivity contribution is -0.148. The molecule has 0 aliphatic rings. The van der Waals surface area contributed by atoms with Crippen LogP contribution in [0.15, 0.2) is 48.5 Å². The molecule has 2 atom stereocenters. The van der Waals surface area contributed by atoms with Crippen molar-refractivity contribution >= 4 is 35.1 Å². The Labute approximate surface area is 175 Å². The highest BCUT2D eigenvalue weighted by Gasteiger charge is 2.19. The number of carbonyl (C=O) groups is 3. The quantitative estimate of drug-likeness (QED) is 0.633. The van der Waals surface area contributed by atoms with Crippen molar-refractivity contribution in [1.29, 1.82) is 0 Å². The van der Waals surface area contributed by atoms with Crippen molar-refractivity contribution in [3.05, 3.63) is 64.7 Å². The van der Waals surface area contributed by atoms with Crippen LogP contribution in [0, 0.1) is 0 Å². The minimum Gasteiger partial charge on any atom is -0.454 e. The minimum atomic E-state index is -0.902. The number of anilines is 1. The highest BCUT2D eigenvalue weighted by molar-refractivity contribution is 6.30. The van der Waals surface area contributed by atoms with Gasteiger partial charge in [-0.05, 0) is 61.2 Å². The second kappa shape index (κ2) is 10.6. The SMILES string of the molecule is CC[C@@H](C)c1ccc(NC(=O)COC(=O)[C@H](C)NC(=O)c2ccc(Cl)cc2)cc1. The molecule has 2 amide bonds. The first kappa shape index (κ1) is 22.4. The molecule has 0 saturated carbocycles. The van der Waals surface area contributed by atoms with E-state index in [0.717, 1.165) is 6.42 Å². The summed E-state index contributed by atoms with van der Waals surface area (Å²) < 4.78 is 4.99. The average molecular weight is 417 g/mol. The van der Waals surface area contributed by atoms with Crippen molar-refractivity contribution in [3.8, 4) is 0 Å². The number of halogens is 1. The van der Waals surface area contributed by atoms with Crippen LogP contribution in [0.3, 0.4) is 0 Å². The lowest BCUT2D eigenvalue weighted by atomic mass is 9.99. The van der Waals surface area contributed by atoms with Crippen LogP contribution in [0.2, 0.25) is 5.02 Å². The van der Waals surface area contributed by atoms with E-state index in [2.05, 4.69) is 24.5 Å². The second-order valence-corrected chi connectivity index (χ2v) is 7.23. The molecule has 0 radical (unpaired) electrons. The Bertz CT molecular complexity index is 850. The van der Waals surface area contributed by atoms with E-state index in [-0.39, 0.29) is 0 Å². The number of ether oxygens (including phenoxy) is 1. The fraction of sp³-hybridized carbons (Fsp3) is 0.318. The van der Waals surface area contributed by atoms with E-state index < -0.39 is 30.4 Å². The maximum Gasteiger partial charge on any atom is 0.328 e. The molecule has 0 aromatic heterocycles. The topological polar surface area (TPSA) is 84.5 Å². The molecule has 0 aliphatic heterocycles. The predicted octanol–water partition coefficient (Wildman–Crippen LogP) is 4.15. The van der Waals surface area contributed by atoms with Gasteiger partial charge in [0.15, 0.2) is 6.61 Å². The first-order valence-corrected chi connectivity index (χ1v) is 9.80. The van der Waals surface area contributed by atoms with Gasteiger partial charge in [0, 0.05) is 16.3 Å². The third kappa shape index (κ3) is 6.91.